The molecule has 0 bridgehead atoms. The topological polar surface area (TPSA) is 58.3 Å². The minimum atomic E-state index is 0.631. The summed E-state index contributed by atoms with van der Waals surface area (Å²) in [6, 6.07) is 0. The third-order valence-corrected chi connectivity index (χ3v) is 3.80. The number of nitrogens with zero attached hydrogens (tertiary/aromatic N) is 4. The van der Waals surface area contributed by atoms with Gasteiger partial charge in [-0.25, -0.2) is 9.97 Å². The van der Waals surface area contributed by atoms with E-state index < -0.39 is 0 Å². The predicted octanol–water partition coefficient (Wildman–Crippen LogP) is 1.46. The second kappa shape index (κ2) is 6.19. The van der Waals surface area contributed by atoms with Crippen molar-refractivity contribution in [1.29, 1.82) is 0 Å². The van der Waals surface area contributed by atoms with Crippen LogP contribution in [0.2, 0.25) is 0 Å². The Morgan fingerprint density at radius 3 is 2.37 bits per heavy atom. The fourth-order valence-electron chi connectivity index (χ4n) is 2.49. The smallest absolute Gasteiger partial charge is 0.137 e. The molecule has 1 aliphatic heterocycles. The molecule has 0 aromatic carbocycles. The van der Waals surface area contributed by atoms with Crippen LogP contribution < -0.4 is 10.6 Å². The van der Waals surface area contributed by atoms with Gasteiger partial charge in [-0.3, -0.25) is 0 Å². The standard InChI is InChI=1S/C14H25N5/c1-4-6-12-16-13(15)11(3)14(17-12)19-9-7-18(5-2)8-10-19/h4-10H2,1-3H3,(H2,15,16,17). The highest BCUT2D eigenvalue weighted by Gasteiger charge is 2.20. The van der Waals surface area contributed by atoms with E-state index in [9.17, 15) is 0 Å². The van der Waals surface area contributed by atoms with Gasteiger partial charge >= 0.3 is 0 Å². The molecule has 2 N–H and O–H groups in total. The summed E-state index contributed by atoms with van der Waals surface area (Å²) in [6.45, 7) is 11.7. The Balaban J connectivity index is 2.19. The molecule has 0 spiro atoms. The van der Waals surface area contributed by atoms with Crippen LogP contribution in [0.25, 0.3) is 0 Å². The van der Waals surface area contributed by atoms with Gasteiger partial charge in [0.25, 0.3) is 0 Å². The molecule has 0 radical (unpaired) electrons. The zero-order chi connectivity index (χ0) is 13.8. The fraction of sp³-hybridized carbons (Fsp3) is 0.714. The van der Waals surface area contributed by atoms with Crippen molar-refractivity contribution in [1.82, 2.24) is 14.9 Å². The number of hydrogen-bond donors (Lipinski definition) is 1. The molecule has 1 aliphatic rings. The second-order valence-electron chi connectivity index (χ2n) is 5.14. The molecule has 1 fully saturated rings. The number of nitrogen functional groups attached to an aromatic ring is 1. The number of anilines is 2. The van der Waals surface area contributed by atoms with Crippen molar-refractivity contribution in [2.24, 2.45) is 0 Å². The molecule has 19 heavy (non-hydrogen) atoms. The van der Waals surface area contributed by atoms with Crippen LogP contribution in [-0.4, -0.2) is 47.6 Å². The summed E-state index contributed by atoms with van der Waals surface area (Å²) < 4.78 is 0. The van der Waals surface area contributed by atoms with Crippen molar-refractivity contribution in [3.8, 4) is 0 Å². The lowest BCUT2D eigenvalue weighted by molar-refractivity contribution is 0.270. The molecule has 2 rings (SSSR count). The van der Waals surface area contributed by atoms with E-state index in [1.54, 1.807) is 0 Å². The van der Waals surface area contributed by atoms with E-state index in [1.807, 2.05) is 6.92 Å². The highest BCUT2D eigenvalue weighted by atomic mass is 15.3. The number of rotatable bonds is 4. The van der Waals surface area contributed by atoms with Gasteiger partial charge in [-0.15, -0.1) is 0 Å². The number of piperazine rings is 1. The highest BCUT2D eigenvalue weighted by molar-refractivity contribution is 5.56. The van der Waals surface area contributed by atoms with Crippen LogP contribution in [0.1, 0.15) is 31.7 Å². The van der Waals surface area contributed by atoms with Crippen molar-refractivity contribution in [2.45, 2.75) is 33.6 Å². The molecule has 1 saturated heterocycles. The molecule has 1 aromatic heterocycles. The fourth-order valence-corrected chi connectivity index (χ4v) is 2.49. The number of hydrogen-bond acceptors (Lipinski definition) is 5. The summed E-state index contributed by atoms with van der Waals surface area (Å²) in [5, 5.41) is 0. The van der Waals surface area contributed by atoms with Gasteiger partial charge in [-0.2, -0.15) is 0 Å². The number of aromatic nitrogens is 2. The molecule has 1 aromatic rings. The van der Waals surface area contributed by atoms with Crippen molar-refractivity contribution in [3.63, 3.8) is 0 Å². The Kier molecular flexibility index (Phi) is 4.58. The Hall–Kier alpha value is -1.36. The summed E-state index contributed by atoms with van der Waals surface area (Å²) in [4.78, 5) is 13.9. The van der Waals surface area contributed by atoms with Crippen LogP contribution in [0.3, 0.4) is 0 Å². The van der Waals surface area contributed by atoms with Gasteiger partial charge < -0.3 is 15.5 Å². The maximum atomic E-state index is 6.02. The minimum Gasteiger partial charge on any atom is -0.383 e. The zero-order valence-corrected chi connectivity index (χ0v) is 12.3. The van der Waals surface area contributed by atoms with E-state index in [0.717, 1.165) is 62.8 Å². The summed E-state index contributed by atoms with van der Waals surface area (Å²) in [5.41, 5.74) is 7.04. The lowest BCUT2D eigenvalue weighted by atomic mass is 10.2. The normalized spacial score (nSPS) is 16.9. The van der Waals surface area contributed by atoms with E-state index >= 15 is 0 Å². The van der Waals surface area contributed by atoms with E-state index in [2.05, 4.69) is 28.6 Å². The monoisotopic (exact) mass is 263 g/mol. The van der Waals surface area contributed by atoms with Crippen molar-refractivity contribution < 1.29 is 0 Å². The molecule has 5 heteroatoms. The van der Waals surface area contributed by atoms with Gasteiger partial charge in [0.05, 0.1) is 0 Å². The van der Waals surface area contributed by atoms with Gasteiger partial charge in [0, 0.05) is 38.2 Å². The Bertz CT molecular complexity index is 424. The average molecular weight is 263 g/mol. The van der Waals surface area contributed by atoms with Gasteiger partial charge in [0.2, 0.25) is 0 Å². The Labute approximate surface area is 115 Å². The molecule has 0 aliphatic carbocycles. The first kappa shape index (κ1) is 14.1. The maximum absolute atomic E-state index is 6.02. The first-order valence-electron chi connectivity index (χ1n) is 7.26. The Morgan fingerprint density at radius 1 is 1.11 bits per heavy atom. The SMILES string of the molecule is CCCc1nc(N)c(C)c(N2CCN(CC)CC2)n1. The van der Waals surface area contributed by atoms with Crippen LogP contribution >= 0.6 is 0 Å². The van der Waals surface area contributed by atoms with E-state index in [0.29, 0.717) is 5.82 Å². The van der Waals surface area contributed by atoms with Crippen molar-refractivity contribution >= 4 is 11.6 Å². The zero-order valence-electron chi connectivity index (χ0n) is 12.3. The van der Waals surface area contributed by atoms with Crippen molar-refractivity contribution in [3.05, 3.63) is 11.4 Å². The van der Waals surface area contributed by atoms with Gasteiger partial charge in [-0.1, -0.05) is 13.8 Å². The first-order chi connectivity index (χ1) is 9.15. The molecule has 0 unspecified atom stereocenters. The van der Waals surface area contributed by atoms with E-state index in [4.69, 9.17) is 10.7 Å². The number of aryl methyl sites for hydroxylation is 1. The average Bonchev–Trinajstić information content (AvgIpc) is 2.43. The molecule has 2 heterocycles. The molecule has 5 nitrogen and oxygen atoms in total. The maximum Gasteiger partial charge on any atom is 0.137 e. The molecule has 0 atom stereocenters. The van der Waals surface area contributed by atoms with Crippen LogP contribution in [0, 0.1) is 6.92 Å². The largest absolute Gasteiger partial charge is 0.383 e. The summed E-state index contributed by atoms with van der Waals surface area (Å²) in [5.74, 6) is 2.54. The summed E-state index contributed by atoms with van der Waals surface area (Å²) in [6.07, 6.45) is 1.94. The number of nitrogens with two attached hydrogens (primary N) is 1. The third-order valence-electron chi connectivity index (χ3n) is 3.80. The Morgan fingerprint density at radius 2 is 1.79 bits per heavy atom. The molecule has 0 amide bonds. The lowest BCUT2D eigenvalue weighted by Gasteiger charge is -2.35. The highest BCUT2D eigenvalue weighted by Crippen LogP contribution is 2.23. The molecular formula is C14H25N5. The summed E-state index contributed by atoms with van der Waals surface area (Å²) in [7, 11) is 0. The molecule has 0 saturated carbocycles. The van der Waals surface area contributed by atoms with Crippen LogP contribution in [0.5, 0.6) is 0 Å². The van der Waals surface area contributed by atoms with Gasteiger partial charge in [0.1, 0.15) is 17.5 Å². The third kappa shape index (κ3) is 3.15. The molecular weight excluding hydrogens is 238 g/mol. The lowest BCUT2D eigenvalue weighted by Crippen LogP contribution is -2.46. The van der Waals surface area contributed by atoms with Crippen molar-refractivity contribution in [2.75, 3.05) is 43.4 Å². The van der Waals surface area contributed by atoms with Gasteiger partial charge in [-0.05, 0) is 19.9 Å². The minimum absolute atomic E-state index is 0.631. The number of likely N-dealkylation sites (N-methyl/N-ethyl adjacent to an activating group) is 1. The van der Waals surface area contributed by atoms with E-state index in [1.165, 1.54) is 0 Å². The van der Waals surface area contributed by atoms with E-state index in [-0.39, 0.29) is 0 Å². The molecule has 106 valence electrons. The van der Waals surface area contributed by atoms with Crippen LogP contribution in [0.15, 0.2) is 0 Å². The second-order valence-corrected chi connectivity index (χ2v) is 5.14. The summed E-state index contributed by atoms with van der Waals surface area (Å²) >= 11 is 0. The predicted molar refractivity (Wildman–Crippen MR) is 79.5 cm³/mol. The van der Waals surface area contributed by atoms with Crippen LogP contribution in [0.4, 0.5) is 11.6 Å². The first-order valence-corrected chi connectivity index (χ1v) is 7.26. The van der Waals surface area contributed by atoms with Crippen LogP contribution in [-0.2, 0) is 6.42 Å². The quantitative estimate of drug-likeness (QED) is 0.891. The van der Waals surface area contributed by atoms with Gasteiger partial charge in [0.15, 0.2) is 0 Å².